The van der Waals surface area contributed by atoms with Crippen LogP contribution < -0.4 is 5.32 Å². The van der Waals surface area contributed by atoms with Crippen molar-refractivity contribution >= 4 is 62.4 Å². The summed E-state index contributed by atoms with van der Waals surface area (Å²) in [4.78, 5) is 31.5. The van der Waals surface area contributed by atoms with E-state index in [0.29, 0.717) is 38.6 Å². The van der Waals surface area contributed by atoms with E-state index < -0.39 is 16.8 Å². The summed E-state index contributed by atoms with van der Waals surface area (Å²) in [5, 5.41) is 8.00. The minimum Gasteiger partial charge on any atom is -0.323 e. The molecular weight excluding hydrogens is 515 g/mol. The van der Waals surface area contributed by atoms with Crippen LogP contribution >= 0.6 is 39.1 Å². The average Bonchev–Trinajstić information content (AvgIpc) is 3.05. The highest BCUT2D eigenvalue weighted by Crippen LogP contribution is 2.71. The molecule has 168 valence electrons. The van der Waals surface area contributed by atoms with E-state index in [1.807, 2.05) is 6.07 Å². The number of rotatable bonds is 4. The first-order chi connectivity index (χ1) is 15.0. The van der Waals surface area contributed by atoms with Gasteiger partial charge in [-0.05, 0) is 58.5 Å². The first-order valence-electron chi connectivity index (χ1n) is 10.3. The first-order valence-corrected chi connectivity index (χ1v) is 11.9. The van der Waals surface area contributed by atoms with E-state index in [4.69, 9.17) is 28.0 Å². The van der Waals surface area contributed by atoms with Crippen LogP contribution in [0.2, 0.25) is 10.0 Å². The number of hydrogen-bond donors (Lipinski definition) is 1. The van der Waals surface area contributed by atoms with Crippen LogP contribution in [-0.2, 0) is 9.63 Å². The Bertz CT molecular complexity index is 1130. The summed E-state index contributed by atoms with van der Waals surface area (Å²) in [7, 11) is 0. The van der Waals surface area contributed by atoms with Crippen molar-refractivity contribution < 1.29 is 14.4 Å². The van der Waals surface area contributed by atoms with Gasteiger partial charge in [0.25, 0.3) is 0 Å². The maximum absolute atomic E-state index is 13.6. The van der Waals surface area contributed by atoms with Crippen LogP contribution in [0.1, 0.15) is 50.4 Å². The van der Waals surface area contributed by atoms with Gasteiger partial charge >= 0.3 is 5.97 Å². The molecule has 0 radical (unpaired) electrons. The summed E-state index contributed by atoms with van der Waals surface area (Å²) in [6.07, 6.45) is 1.85. The maximum atomic E-state index is 13.6. The second-order valence-electron chi connectivity index (χ2n) is 9.16. The highest BCUT2D eigenvalue weighted by atomic mass is 79.9. The van der Waals surface area contributed by atoms with Gasteiger partial charge < -0.3 is 10.2 Å². The molecule has 2 saturated carbocycles. The summed E-state index contributed by atoms with van der Waals surface area (Å²) in [6.45, 7) is 6.24. The topological polar surface area (TPSA) is 67.8 Å². The van der Waals surface area contributed by atoms with Gasteiger partial charge in [-0.25, -0.2) is 4.79 Å². The first kappa shape index (κ1) is 23.3. The molecule has 5 nitrogen and oxygen atoms in total. The highest BCUT2D eigenvalue weighted by Gasteiger charge is 2.71. The van der Waals surface area contributed by atoms with Gasteiger partial charge in [-0.15, -0.1) is 0 Å². The van der Waals surface area contributed by atoms with Crippen molar-refractivity contribution in [1.29, 1.82) is 0 Å². The fourth-order valence-electron chi connectivity index (χ4n) is 5.15. The number of oxime groups is 1. The van der Waals surface area contributed by atoms with Crippen LogP contribution in [0.5, 0.6) is 0 Å². The number of anilines is 1. The Kier molecular flexibility index (Phi) is 5.93. The molecule has 0 heterocycles. The van der Waals surface area contributed by atoms with Crippen molar-refractivity contribution in [3.05, 3.63) is 62.5 Å². The predicted octanol–water partition coefficient (Wildman–Crippen LogP) is 7.12. The molecule has 2 aliphatic rings. The molecule has 2 bridgehead atoms. The number of carbonyl (C=O) groups excluding carboxylic acids is 2. The Morgan fingerprint density at radius 3 is 2.34 bits per heavy atom. The number of nitrogens with one attached hydrogen (secondary N) is 1. The number of nitrogens with zero attached hydrogens (tertiary/aromatic N) is 1. The van der Waals surface area contributed by atoms with Gasteiger partial charge in [0.05, 0.1) is 32.4 Å². The lowest BCUT2D eigenvalue weighted by Crippen LogP contribution is -2.43. The van der Waals surface area contributed by atoms with E-state index in [9.17, 15) is 9.59 Å². The molecule has 2 aliphatic carbocycles. The van der Waals surface area contributed by atoms with Gasteiger partial charge in [0.15, 0.2) is 0 Å². The Balaban J connectivity index is 1.63. The Hall–Kier alpha value is -1.89. The van der Waals surface area contributed by atoms with E-state index in [1.165, 1.54) is 0 Å². The molecule has 8 heteroatoms. The molecule has 0 aliphatic heterocycles. The SMILES string of the molecule is CC12CCC(C(=O)Nc3c(Cl)cccc3Cl)(CC1=NOC(=O)c1ccccc1Br)C2(C)C. The number of halogens is 3. The second-order valence-corrected chi connectivity index (χ2v) is 10.8. The van der Waals surface area contributed by atoms with Gasteiger partial charge in [0.1, 0.15) is 0 Å². The lowest BCUT2D eigenvalue weighted by molar-refractivity contribution is -0.130. The van der Waals surface area contributed by atoms with E-state index in [1.54, 1.807) is 36.4 Å². The van der Waals surface area contributed by atoms with Crippen molar-refractivity contribution in [2.75, 3.05) is 5.32 Å². The minimum atomic E-state index is -0.719. The lowest BCUT2D eigenvalue weighted by atomic mass is 9.64. The molecule has 0 saturated heterocycles. The summed E-state index contributed by atoms with van der Waals surface area (Å²) in [6, 6.07) is 12.1. The van der Waals surface area contributed by atoms with Crippen LogP contribution in [0.15, 0.2) is 52.1 Å². The molecule has 2 aromatic carbocycles. The number of amides is 1. The molecular formula is C24H23BrCl2N2O3. The third-order valence-electron chi connectivity index (χ3n) is 7.70. The molecule has 2 aromatic rings. The van der Waals surface area contributed by atoms with Crippen molar-refractivity contribution in [2.24, 2.45) is 21.4 Å². The largest absolute Gasteiger partial charge is 0.366 e. The van der Waals surface area contributed by atoms with Crippen molar-refractivity contribution in [1.82, 2.24) is 0 Å². The Morgan fingerprint density at radius 2 is 1.69 bits per heavy atom. The average molecular weight is 538 g/mol. The van der Waals surface area contributed by atoms with E-state index in [2.05, 4.69) is 47.2 Å². The van der Waals surface area contributed by atoms with E-state index in [-0.39, 0.29) is 11.3 Å². The molecule has 0 spiro atoms. The fourth-order valence-corrected chi connectivity index (χ4v) is 6.08. The molecule has 32 heavy (non-hydrogen) atoms. The number of benzene rings is 2. The Morgan fingerprint density at radius 1 is 1.03 bits per heavy atom. The maximum Gasteiger partial charge on any atom is 0.366 e. The zero-order valence-corrected chi connectivity index (χ0v) is 21.1. The van der Waals surface area contributed by atoms with Gasteiger partial charge in [-0.1, -0.05) is 67.3 Å². The monoisotopic (exact) mass is 536 g/mol. The summed E-state index contributed by atoms with van der Waals surface area (Å²) in [5.74, 6) is -0.695. The van der Waals surface area contributed by atoms with Crippen molar-refractivity contribution in [3.63, 3.8) is 0 Å². The number of para-hydroxylation sites is 1. The van der Waals surface area contributed by atoms with Gasteiger partial charge in [-0.2, -0.15) is 0 Å². The Labute approximate surface area is 205 Å². The van der Waals surface area contributed by atoms with Crippen molar-refractivity contribution in [2.45, 2.75) is 40.0 Å². The van der Waals surface area contributed by atoms with Crippen molar-refractivity contribution in [3.8, 4) is 0 Å². The molecule has 2 atom stereocenters. The van der Waals surface area contributed by atoms with E-state index >= 15 is 0 Å². The standard InChI is InChI=1S/C24H23BrCl2N2O3/c1-22(2)23(3)11-12-24(22,21(31)28-19-16(26)9-6-10-17(19)27)13-18(23)29-32-20(30)14-7-4-5-8-15(14)25/h4-10H,11-13H2,1-3H3,(H,28,31). The van der Waals surface area contributed by atoms with Crippen LogP contribution in [0.3, 0.4) is 0 Å². The smallest absolute Gasteiger partial charge is 0.323 e. The van der Waals surface area contributed by atoms with Crippen LogP contribution in [0.25, 0.3) is 0 Å². The molecule has 2 unspecified atom stereocenters. The summed E-state index contributed by atoms with van der Waals surface area (Å²) >= 11 is 15.9. The van der Waals surface area contributed by atoms with Gasteiger partial charge in [0.2, 0.25) is 5.91 Å². The molecule has 1 N–H and O–H groups in total. The quantitative estimate of drug-likeness (QED) is 0.333. The summed E-state index contributed by atoms with van der Waals surface area (Å²) in [5.41, 5.74) is -0.00711. The second kappa shape index (κ2) is 8.15. The third kappa shape index (κ3) is 3.39. The number of fused-ring (bicyclic) bond motifs is 2. The molecule has 1 amide bonds. The molecule has 2 fully saturated rings. The fraction of sp³-hybridized carbons (Fsp3) is 0.375. The van der Waals surface area contributed by atoms with Crippen LogP contribution in [0.4, 0.5) is 5.69 Å². The normalized spacial score (nSPS) is 26.9. The van der Waals surface area contributed by atoms with Crippen LogP contribution in [-0.4, -0.2) is 17.6 Å². The molecule has 4 rings (SSSR count). The molecule has 0 aromatic heterocycles. The van der Waals surface area contributed by atoms with Gasteiger partial charge in [0, 0.05) is 16.3 Å². The van der Waals surface area contributed by atoms with E-state index in [0.717, 1.165) is 12.1 Å². The van der Waals surface area contributed by atoms with Gasteiger partial charge in [-0.3, -0.25) is 4.79 Å². The third-order valence-corrected chi connectivity index (χ3v) is 9.02. The zero-order chi connectivity index (χ0) is 23.3. The number of hydrogen-bond acceptors (Lipinski definition) is 4. The predicted molar refractivity (Wildman–Crippen MR) is 130 cm³/mol. The highest BCUT2D eigenvalue weighted by molar-refractivity contribution is 9.10. The number of carbonyl (C=O) groups is 2. The zero-order valence-electron chi connectivity index (χ0n) is 18.0. The minimum absolute atomic E-state index is 0.149. The summed E-state index contributed by atoms with van der Waals surface area (Å²) < 4.78 is 0.636. The lowest BCUT2D eigenvalue weighted by Gasteiger charge is -2.39. The van der Waals surface area contributed by atoms with Crippen LogP contribution in [0, 0.1) is 16.2 Å².